The Balaban J connectivity index is 2.46. The molecule has 1 aromatic carbocycles. The van der Waals surface area contributed by atoms with E-state index in [0.717, 1.165) is 34.6 Å². The number of fused-ring (bicyclic) bond motifs is 1. The quantitative estimate of drug-likeness (QED) is 0.225. The van der Waals surface area contributed by atoms with Gasteiger partial charge in [-0.1, -0.05) is 64.6 Å². The highest BCUT2D eigenvalue weighted by Gasteiger charge is 2.66. The topological polar surface area (TPSA) is 175 Å². The number of allylic oxidation sites excluding steroid dienone is 1. The summed E-state index contributed by atoms with van der Waals surface area (Å²) in [4.78, 5) is 91.8. The molecule has 0 aliphatic heterocycles. The van der Waals surface area contributed by atoms with Gasteiger partial charge in [0.2, 0.25) is 0 Å². The Morgan fingerprint density at radius 2 is 1.24 bits per heavy atom. The standard InChI is InChI=1S/C37H46O13/c1-19-16-17-36(9,10)34(49-35(44)27-14-12-11-13-15-27)32(48-25(7)41)31(47-24(6)40)21(3)30(46-23(5)39)28-29(45-22(4)38)20(2)18-37(28,33(19)43)50-26(8)42/h11-17,19-20,28-32,34H,3,18H2,1-2,4-10H3/b17-16+/t19-,20+,28-,29+,30-,31+,32+,34-,37-/m1/s1. The fourth-order valence-corrected chi connectivity index (χ4v) is 6.92. The second-order valence-corrected chi connectivity index (χ2v) is 13.5. The lowest BCUT2D eigenvalue weighted by molar-refractivity contribution is -0.190. The summed E-state index contributed by atoms with van der Waals surface area (Å²) in [6.45, 7) is 16.2. The first-order chi connectivity index (χ1) is 23.2. The van der Waals surface area contributed by atoms with E-state index in [4.69, 9.17) is 28.4 Å². The molecule has 0 spiro atoms. The molecule has 2 aliphatic carbocycles. The average Bonchev–Trinajstić information content (AvgIpc) is 3.27. The molecule has 1 saturated carbocycles. The highest BCUT2D eigenvalue weighted by molar-refractivity contribution is 5.93. The van der Waals surface area contributed by atoms with Crippen molar-refractivity contribution in [3.8, 4) is 0 Å². The lowest BCUT2D eigenvalue weighted by Gasteiger charge is -2.44. The summed E-state index contributed by atoms with van der Waals surface area (Å²) in [7, 11) is 0. The Morgan fingerprint density at radius 3 is 1.76 bits per heavy atom. The molecule has 2 aliphatic rings. The Labute approximate surface area is 291 Å². The van der Waals surface area contributed by atoms with Crippen LogP contribution in [0.15, 0.2) is 54.6 Å². The monoisotopic (exact) mass is 698 g/mol. The molecular weight excluding hydrogens is 652 g/mol. The smallest absolute Gasteiger partial charge is 0.338 e. The molecule has 0 heterocycles. The van der Waals surface area contributed by atoms with Crippen LogP contribution in [0.25, 0.3) is 0 Å². The number of hydrogen-bond donors (Lipinski definition) is 0. The van der Waals surface area contributed by atoms with Crippen LogP contribution in [0.5, 0.6) is 0 Å². The molecule has 0 aromatic heterocycles. The van der Waals surface area contributed by atoms with Crippen LogP contribution in [0.2, 0.25) is 0 Å². The number of carbonyl (C=O) groups is 7. The SMILES string of the molecule is C=C1[C@@H](OC(C)=O)[C@H]2[C@@H](OC(C)=O)[C@@H](C)C[C@]2(OC(C)=O)C(=O)[C@H](C)/C=C/C(C)(C)[C@H](OC(=O)c2ccccc2)[C@@H](OC(C)=O)[C@H]1OC(C)=O. The summed E-state index contributed by atoms with van der Waals surface area (Å²) in [6, 6.07) is 8.01. The number of hydrogen-bond acceptors (Lipinski definition) is 13. The van der Waals surface area contributed by atoms with Crippen molar-refractivity contribution in [3.05, 3.63) is 60.2 Å². The Bertz CT molecular complexity index is 1540. The molecule has 9 atom stereocenters. The minimum absolute atomic E-state index is 0.135. The van der Waals surface area contributed by atoms with Gasteiger partial charge in [-0.05, 0) is 18.1 Å². The van der Waals surface area contributed by atoms with Crippen molar-refractivity contribution in [2.75, 3.05) is 0 Å². The fourth-order valence-electron chi connectivity index (χ4n) is 6.92. The van der Waals surface area contributed by atoms with Crippen LogP contribution >= 0.6 is 0 Å². The zero-order valence-electron chi connectivity index (χ0n) is 29.9. The van der Waals surface area contributed by atoms with Gasteiger partial charge in [0.1, 0.15) is 12.2 Å². The largest absolute Gasteiger partial charge is 0.462 e. The number of rotatable bonds is 7. The minimum Gasteiger partial charge on any atom is -0.462 e. The molecule has 0 saturated heterocycles. The first-order valence-corrected chi connectivity index (χ1v) is 16.3. The summed E-state index contributed by atoms with van der Waals surface area (Å²) in [5.41, 5.74) is -3.36. The zero-order valence-corrected chi connectivity index (χ0v) is 29.9. The minimum atomic E-state index is -2.04. The van der Waals surface area contributed by atoms with Crippen LogP contribution < -0.4 is 0 Å². The molecule has 0 unspecified atom stereocenters. The third-order valence-corrected chi connectivity index (χ3v) is 8.87. The number of esters is 6. The van der Waals surface area contributed by atoms with Crippen molar-refractivity contribution in [2.45, 2.75) is 105 Å². The predicted octanol–water partition coefficient (Wildman–Crippen LogP) is 4.25. The van der Waals surface area contributed by atoms with E-state index in [1.165, 1.54) is 18.2 Å². The molecule has 0 bridgehead atoms. The van der Waals surface area contributed by atoms with Gasteiger partial charge >= 0.3 is 35.8 Å². The maximum absolute atomic E-state index is 14.7. The maximum atomic E-state index is 14.7. The molecule has 0 N–H and O–H groups in total. The molecule has 272 valence electrons. The van der Waals surface area contributed by atoms with Crippen LogP contribution in [-0.4, -0.2) is 77.7 Å². The molecule has 3 rings (SSSR count). The van der Waals surface area contributed by atoms with E-state index in [1.807, 2.05) is 0 Å². The highest BCUT2D eigenvalue weighted by Crippen LogP contribution is 2.51. The number of benzene rings is 1. The van der Waals surface area contributed by atoms with Crippen molar-refractivity contribution < 1.29 is 62.0 Å². The van der Waals surface area contributed by atoms with E-state index in [1.54, 1.807) is 52.0 Å². The summed E-state index contributed by atoms with van der Waals surface area (Å²) in [6.07, 6.45) is -4.59. The first kappa shape index (κ1) is 39.6. The Hall–Kier alpha value is -4.81. The number of ketones is 1. The molecule has 0 amide bonds. The lowest BCUT2D eigenvalue weighted by Crippen LogP contribution is -2.59. The summed E-state index contributed by atoms with van der Waals surface area (Å²) in [5.74, 6) is -8.60. The van der Waals surface area contributed by atoms with Crippen molar-refractivity contribution in [2.24, 2.45) is 23.2 Å². The summed E-state index contributed by atoms with van der Waals surface area (Å²) in [5, 5.41) is 0. The van der Waals surface area contributed by atoms with Crippen molar-refractivity contribution in [1.29, 1.82) is 0 Å². The molecule has 0 radical (unpaired) electrons. The van der Waals surface area contributed by atoms with E-state index in [-0.39, 0.29) is 17.6 Å². The molecule has 50 heavy (non-hydrogen) atoms. The molecule has 13 heteroatoms. The van der Waals surface area contributed by atoms with Crippen LogP contribution in [0.1, 0.15) is 79.1 Å². The van der Waals surface area contributed by atoms with E-state index in [9.17, 15) is 33.6 Å². The van der Waals surface area contributed by atoms with Gasteiger partial charge in [-0.2, -0.15) is 0 Å². The number of carbonyl (C=O) groups excluding carboxylic acids is 7. The van der Waals surface area contributed by atoms with E-state index >= 15 is 0 Å². The second-order valence-electron chi connectivity index (χ2n) is 13.5. The van der Waals surface area contributed by atoms with Gasteiger partial charge in [-0.3, -0.25) is 28.8 Å². The fraction of sp³-hybridized carbons (Fsp3) is 0.541. The van der Waals surface area contributed by atoms with Crippen molar-refractivity contribution >= 4 is 41.6 Å². The maximum Gasteiger partial charge on any atom is 0.338 e. The van der Waals surface area contributed by atoms with E-state index in [0.29, 0.717) is 0 Å². The average molecular weight is 699 g/mol. The number of Topliss-reactive ketones (excluding diaryl/α,β-unsaturated/α-hetero) is 1. The normalized spacial score (nSPS) is 31.4. The lowest BCUT2D eigenvalue weighted by atomic mass is 9.72. The van der Waals surface area contributed by atoms with E-state index < -0.39 is 101 Å². The van der Waals surface area contributed by atoms with E-state index in [2.05, 4.69) is 6.58 Å². The second kappa shape index (κ2) is 15.8. The molecular formula is C37H46O13. The third-order valence-electron chi connectivity index (χ3n) is 8.87. The van der Waals surface area contributed by atoms with Gasteiger partial charge < -0.3 is 28.4 Å². The van der Waals surface area contributed by atoms with Crippen LogP contribution in [0, 0.1) is 23.2 Å². The van der Waals surface area contributed by atoms with Gasteiger partial charge in [-0.15, -0.1) is 0 Å². The van der Waals surface area contributed by atoms with Gasteiger partial charge in [0.05, 0.1) is 11.5 Å². The van der Waals surface area contributed by atoms with Gasteiger partial charge in [0.15, 0.2) is 29.7 Å². The highest BCUT2D eigenvalue weighted by atomic mass is 16.6. The molecule has 1 aromatic rings. The molecule has 1 fully saturated rings. The molecule has 13 nitrogen and oxygen atoms in total. The van der Waals surface area contributed by atoms with Crippen LogP contribution in [-0.2, 0) is 57.2 Å². The zero-order chi connectivity index (χ0) is 37.7. The van der Waals surface area contributed by atoms with Gasteiger partial charge in [0.25, 0.3) is 0 Å². The summed E-state index contributed by atoms with van der Waals surface area (Å²) < 4.78 is 35.1. The Morgan fingerprint density at radius 1 is 0.720 bits per heavy atom. The summed E-state index contributed by atoms with van der Waals surface area (Å²) >= 11 is 0. The predicted molar refractivity (Wildman–Crippen MR) is 176 cm³/mol. The van der Waals surface area contributed by atoms with Crippen LogP contribution in [0.4, 0.5) is 0 Å². The third kappa shape index (κ3) is 8.85. The van der Waals surface area contributed by atoms with Crippen LogP contribution in [0.3, 0.4) is 0 Å². The van der Waals surface area contributed by atoms with Crippen molar-refractivity contribution in [1.82, 2.24) is 0 Å². The van der Waals surface area contributed by atoms with Gasteiger partial charge in [-0.25, -0.2) is 4.79 Å². The van der Waals surface area contributed by atoms with Crippen molar-refractivity contribution in [3.63, 3.8) is 0 Å². The van der Waals surface area contributed by atoms with Gasteiger partial charge in [0, 0.05) is 57.9 Å². The first-order valence-electron chi connectivity index (χ1n) is 16.3. The number of ether oxygens (including phenoxy) is 6. The Kier molecular flexibility index (Phi) is 12.5.